The molecule has 0 heterocycles. The van der Waals surface area contributed by atoms with E-state index in [9.17, 15) is 9.59 Å². The highest BCUT2D eigenvalue weighted by molar-refractivity contribution is 6.15. The maximum atomic E-state index is 12.7. The van der Waals surface area contributed by atoms with Gasteiger partial charge in [0, 0.05) is 6.04 Å². The molecule has 2 aromatic rings. The van der Waals surface area contributed by atoms with Gasteiger partial charge in [-0.2, -0.15) is 0 Å². The first-order valence-corrected chi connectivity index (χ1v) is 7.79. The molecule has 1 fully saturated rings. The largest absolute Gasteiger partial charge is 0.366 e. The van der Waals surface area contributed by atoms with Gasteiger partial charge in [-0.25, -0.2) is 0 Å². The van der Waals surface area contributed by atoms with Gasteiger partial charge in [-0.05, 0) is 29.7 Å². The third kappa shape index (κ3) is 2.82. The number of nitrogens with one attached hydrogen (secondary N) is 1. The molecule has 3 rings (SSSR count). The van der Waals surface area contributed by atoms with Gasteiger partial charge < -0.3 is 11.1 Å². The molecule has 114 valence electrons. The zero-order valence-corrected chi connectivity index (χ0v) is 12.5. The van der Waals surface area contributed by atoms with Crippen molar-refractivity contribution in [2.24, 2.45) is 5.73 Å². The van der Waals surface area contributed by atoms with Gasteiger partial charge in [-0.3, -0.25) is 9.59 Å². The number of fused-ring (bicyclic) bond motifs is 1. The van der Waals surface area contributed by atoms with Crippen molar-refractivity contribution < 1.29 is 9.59 Å². The summed E-state index contributed by atoms with van der Waals surface area (Å²) in [4.78, 5) is 24.4. The summed E-state index contributed by atoms with van der Waals surface area (Å²) in [6, 6.07) is 11.2. The zero-order chi connectivity index (χ0) is 15.5. The molecular weight excluding hydrogens is 276 g/mol. The Morgan fingerprint density at radius 1 is 1.00 bits per heavy atom. The molecule has 1 saturated carbocycles. The molecule has 0 atom stereocenters. The van der Waals surface area contributed by atoms with Crippen LogP contribution in [0.1, 0.15) is 52.8 Å². The second kappa shape index (κ2) is 6.18. The summed E-state index contributed by atoms with van der Waals surface area (Å²) < 4.78 is 0. The van der Waals surface area contributed by atoms with Crippen LogP contribution in [-0.4, -0.2) is 17.9 Å². The lowest BCUT2D eigenvalue weighted by Gasteiger charge is -2.23. The number of rotatable bonds is 3. The van der Waals surface area contributed by atoms with E-state index in [1.165, 1.54) is 6.42 Å². The molecule has 4 heteroatoms. The molecule has 2 amide bonds. The monoisotopic (exact) mass is 296 g/mol. The Bertz CT molecular complexity index is 718. The van der Waals surface area contributed by atoms with E-state index >= 15 is 0 Å². The first kappa shape index (κ1) is 14.6. The molecule has 0 spiro atoms. The molecule has 0 radical (unpaired) electrons. The van der Waals surface area contributed by atoms with E-state index in [2.05, 4.69) is 5.32 Å². The van der Waals surface area contributed by atoms with Gasteiger partial charge in [0.05, 0.1) is 11.1 Å². The van der Waals surface area contributed by atoms with Gasteiger partial charge in [-0.15, -0.1) is 0 Å². The molecule has 3 N–H and O–H groups in total. The Morgan fingerprint density at radius 3 is 2.45 bits per heavy atom. The van der Waals surface area contributed by atoms with E-state index in [0.29, 0.717) is 5.56 Å². The average Bonchev–Trinajstić information content (AvgIpc) is 2.54. The van der Waals surface area contributed by atoms with E-state index in [-0.39, 0.29) is 17.5 Å². The second-order valence-corrected chi connectivity index (χ2v) is 5.88. The summed E-state index contributed by atoms with van der Waals surface area (Å²) >= 11 is 0. The van der Waals surface area contributed by atoms with Gasteiger partial charge in [0.15, 0.2) is 0 Å². The summed E-state index contributed by atoms with van der Waals surface area (Å²) in [6.45, 7) is 0. The highest BCUT2D eigenvalue weighted by Gasteiger charge is 2.22. The Balaban J connectivity index is 2.01. The van der Waals surface area contributed by atoms with Gasteiger partial charge in [0.1, 0.15) is 0 Å². The van der Waals surface area contributed by atoms with Crippen LogP contribution in [-0.2, 0) is 0 Å². The fraction of sp³-hybridized carbons (Fsp3) is 0.333. The van der Waals surface area contributed by atoms with Crippen LogP contribution in [0.4, 0.5) is 0 Å². The second-order valence-electron chi connectivity index (χ2n) is 5.88. The van der Waals surface area contributed by atoms with Gasteiger partial charge in [0.25, 0.3) is 5.91 Å². The van der Waals surface area contributed by atoms with E-state index < -0.39 is 5.91 Å². The highest BCUT2D eigenvalue weighted by atomic mass is 16.2. The van der Waals surface area contributed by atoms with Crippen LogP contribution in [0.5, 0.6) is 0 Å². The van der Waals surface area contributed by atoms with Crippen molar-refractivity contribution in [1.29, 1.82) is 0 Å². The van der Waals surface area contributed by atoms with Crippen molar-refractivity contribution in [2.75, 3.05) is 0 Å². The van der Waals surface area contributed by atoms with E-state index in [4.69, 9.17) is 5.73 Å². The van der Waals surface area contributed by atoms with Gasteiger partial charge >= 0.3 is 0 Å². The molecule has 0 aromatic heterocycles. The topological polar surface area (TPSA) is 72.2 Å². The summed E-state index contributed by atoms with van der Waals surface area (Å²) in [5.74, 6) is -0.767. The number of carbonyl (C=O) groups is 2. The van der Waals surface area contributed by atoms with Crippen LogP contribution in [0.3, 0.4) is 0 Å². The standard InChI is InChI=1S/C18H20N2O2/c19-17(21)15-11-10-12-6-4-5-9-14(12)16(15)18(22)20-13-7-2-1-3-8-13/h4-6,9-11,13H,1-3,7-8H2,(H2,19,21)(H,20,22). The summed E-state index contributed by atoms with van der Waals surface area (Å²) in [5.41, 5.74) is 6.14. The first-order chi connectivity index (χ1) is 10.7. The number of hydrogen-bond donors (Lipinski definition) is 2. The van der Waals surface area contributed by atoms with Crippen molar-refractivity contribution in [3.05, 3.63) is 47.5 Å². The molecule has 0 saturated heterocycles. The molecule has 22 heavy (non-hydrogen) atoms. The van der Waals surface area contributed by atoms with Gasteiger partial charge in [-0.1, -0.05) is 49.6 Å². The Labute approximate surface area is 129 Å². The van der Waals surface area contributed by atoms with Gasteiger partial charge in [0.2, 0.25) is 5.91 Å². The van der Waals surface area contributed by atoms with Crippen molar-refractivity contribution >= 4 is 22.6 Å². The van der Waals surface area contributed by atoms with Crippen LogP contribution in [0.15, 0.2) is 36.4 Å². The Morgan fingerprint density at radius 2 is 1.73 bits per heavy atom. The molecule has 1 aliphatic rings. The summed E-state index contributed by atoms with van der Waals surface area (Å²) in [5, 5.41) is 4.78. The summed E-state index contributed by atoms with van der Waals surface area (Å²) in [6.07, 6.45) is 5.52. The SMILES string of the molecule is NC(=O)c1ccc2ccccc2c1C(=O)NC1CCCCC1. The molecule has 0 bridgehead atoms. The number of hydrogen-bond acceptors (Lipinski definition) is 2. The lowest BCUT2D eigenvalue weighted by molar-refractivity contribution is 0.0916. The van der Waals surface area contributed by atoms with Crippen LogP contribution < -0.4 is 11.1 Å². The number of carbonyl (C=O) groups excluding carboxylic acids is 2. The quantitative estimate of drug-likeness (QED) is 0.914. The predicted molar refractivity (Wildman–Crippen MR) is 86.8 cm³/mol. The third-order valence-corrected chi connectivity index (χ3v) is 4.36. The smallest absolute Gasteiger partial charge is 0.252 e. The average molecular weight is 296 g/mol. The fourth-order valence-electron chi connectivity index (χ4n) is 3.23. The minimum atomic E-state index is -0.570. The minimum Gasteiger partial charge on any atom is -0.366 e. The molecule has 0 aliphatic heterocycles. The predicted octanol–water partition coefficient (Wildman–Crippen LogP) is 3.00. The molecule has 2 aromatic carbocycles. The van der Waals surface area contributed by atoms with Crippen molar-refractivity contribution in [2.45, 2.75) is 38.1 Å². The van der Waals surface area contributed by atoms with Crippen LogP contribution in [0.25, 0.3) is 10.8 Å². The first-order valence-electron chi connectivity index (χ1n) is 7.79. The normalized spacial score (nSPS) is 15.6. The highest BCUT2D eigenvalue weighted by Crippen LogP contribution is 2.24. The number of benzene rings is 2. The van der Waals surface area contributed by atoms with Crippen LogP contribution >= 0.6 is 0 Å². The van der Waals surface area contributed by atoms with E-state index in [1.54, 1.807) is 6.07 Å². The molecular formula is C18H20N2O2. The maximum absolute atomic E-state index is 12.7. The molecule has 4 nitrogen and oxygen atoms in total. The molecule has 0 unspecified atom stereocenters. The summed E-state index contributed by atoms with van der Waals surface area (Å²) in [7, 11) is 0. The lowest BCUT2D eigenvalue weighted by atomic mass is 9.94. The maximum Gasteiger partial charge on any atom is 0.252 e. The van der Waals surface area contributed by atoms with Crippen molar-refractivity contribution in [3.8, 4) is 0 Å². The Hall–Kier alpha value is -2.36. The Kier molecular flexibility index (Phi) is 4.09. The zero-order valence-electron chi connectivity index (χ0n) is 12.5. The fourth-order valence-corrected chi connectivity index (χ4v) is 3.23. The van der Waals surface area contributed by atoms with E-state index in [0.717, 1.165) is 36.5 Å². The lowest BCUT2D eigenvalue weighted by Crippen LogP contribution is -2.37. The van der Waals surface area contributed by atoms with E-state index in [1.807, 2.05) is 30.3 Å². The number of amides is 2. The van der Waals surface area contributed by atoms with Crippen LogP contribution in [0.2, 0.25) is 0 Å². The van der Waals surface area contributed by atoms with Crippen molar-refractivity contribution in [1.82, 2.24) is 5.32 Å². The molecule has 1 aliphatic carbocycles. The van der Waals surface area contributed by atoms with Crippen LogP contribution in [0, 0.1) is 0 Å². The van der Waals surface area contributed by atoms with Crippen molar-refractivity contribution in [3.63, 3.8) is 0 Å². The number of primary amides is 1. The number of nitrogens with two attached hydrogens (primary N) is 1. The third-order valence-electron chi connectivity index (χ3n) is 4.36. The minimum absolute atomic E-state index is 0.195.